The zero-order valence-corrected chi connectivity index (χ0v) is 17.7. The monoisotopic (exact) mass is 425 g/mol. The highest BCUT2D eigenvalue weighted by Gasteiger charge is 2.34. The van der Waals surface area contributed by atoms with E-state index in [4.69, 9.17) is 0 Å². The zero-order chi connectivity index (χ0) is 21.8. The van der Waals surface area contributed by atoms with Gasteiger partial charge in [0.15, 0.2) is 0 Å². The molecule has 0 radical (unpaired) electrons. The molecule has 31 heavy (non-hydrogen) atoms. The molecule has 1 saturated heterocycles. The second-order valence-corrected chi connectivity index (χ2v) is 8.26. The van der Waals surface area contributed by atoms with Gasteiger partial charge in [-0.1, -0.05) is 12.1 Å². The number of β-amino-alcohol motifs (C(OH)–C–C–N with tert-alkyl or cyclic N) is 1. The van der Waals surface area contributed by atoms with Gasteiger partial charge in [0.25, 0.3) is 0 Å². The first-order chi connectivity index (χ1) is 14.9. The van der Waals surface area contributed by atoms with E-state index in [2.05, 4.69) is 19.9 Å². The van der Waals surface area contributed by atoms with E-state index in [0.29, 0.717) is 38.2 Å². The Morgan fingerprint density at radius 3 is 2.94 bits per heavy atom. The molecule has 1 amide bonds. The van der Waals surface area contributed by atoms with Crippen LogP contribution in [0.5, 0.6) is 0 Å². The van der Waals surface area contributed by atoms with Crippen LogP contribution in [0.4, 0.5) is 10.2 Å². The number of pyridine rings is 1. The summed E-state index contributed by atoms with van der Waals surface area (Å²) in [5, 5.41) is 13.9. The number of hydrogen-bond acceptors (Lipinski definition) is 5. The van der Waals surface area contributed by atoms with Crippen molar-refractivity contribution in [3.8, 4) is 0 Å². The van der Waals surface area contributed by atoms with E-state index in [1.54, 1.807) is 6.07 Å². The van der Waals surface area contributed by atoms with Gasteiger partial charge in [0.05, 0.1) is 22.8 Å². The van der Waals surface area contributed by atoms with E-state index in [9.17, 15) is 14.3 Å². The molecule has 3 heterocycles. The molecule has 7 nitrogen and oxygen atoms in total. The minimum absolute atomic E-state index is 0.0764. The third-order valence-corrected chi connectivity index (χ3v) is 5.84. The number of aryl methyl sites for hydroxylation is 2. The fraction of sp³-hybridized carbons (Fsp3) is 0.435. The number of imidazole rings is 1. The molecule has 2 N–H and O–H groups in total. The van der Waals surface area contributed by atoms with Crippen molar-refractivity contribution >= 4 is 22.8 Å². The predicted molar refractivity (Wildman–Crippen MR) is 117 cm³/mol. The number of nitrogens with one attached hydrogen (secondary N) is 1. The molecule has 4 rings (SSSR count). The van der Waals surface area contributed by atoms with Crippen LogP contribution < -0.4 is 10.2 Å². The maximum Gasteiger partial charge on any atom is 0.220 e. The Morgan fingerprint density at radius 1 is 1.29 bits per heavy atom. The molecule has 1 unspecified atom stereocenters. The van der Waals surface area contributed by atoms with Crippen molar-refractivity contribution in [1.82, 2.24) is 19.9 Å². The smallest absolute Gasteiger partial charge is 0.220 e. The number of nitrogens with zero attached hydrogens (tertiary/aromatic N) is 4. The van der Waals surface area contributed by atoms with Crippen molar-refractivity contribution in [2.24, 2.45) is 0 Å². The lowest BCUT2D eigenvalue weighted by atomic mass is 9.92. The molecule has 0 saturated carbocycles. The summed E-state index contributed by atoms with van der Waals surface area (Å²) in [5.74, 6) is 1.11. The number of fused-ring (bicyclic) bond motifs is 1. The number of benzene rings is 1. The number of hydrogen-bond donors (Lipinski definition) is 2. The van der Waals surface area contributed by atoms with E-state index in [1.807, 2.05) is 36.1 Å². The fourth-order valence-corrected chi connectivity index (χ4v) is 4.23. The first-order valence-electron chi connectivity index (χ1n) is 10.7. The van der Waals surface area contributed by atoms with Gasteiger partial charge in [-0.2, -0.15) is 0 Å². The highest BCUT2D eigenvalue weighted by Crippen LogP contribution is 2.24. The topological polar surface area (TPSA) is 83.3 Å². The Labute approximate surface area is 180 Å². The Kier molecular flexibility index (Phi) is 6.18. The lowest BCUT2D eigenvalue weighted by Gasteiger charge is -2.39. The maximum atomic E-state index is 13.1. The molecule has 1 aliphatic rings. The molecule has 2 aromatic heterocycles. The lowest BCUT2D eigenvalue weighted by Crippen LogP contribution is -2.54. The predicted octanol–water partition coefficient (Wildman–Crippen LogP) is 2.81. The second kappa shape index (κ2) is 9.01. The van der Waals surface area contributed by atoms with E-state index >= 15 is 0 Å². The minimum atomic E-state index is -1.03. The number of para-hydroxylation sites is 2. The summed E-state index contributed by atoms with van der Waals surface area (Å²) < 4.78 is 15.3. The van der Waals surface area contributed by atoms with Crippen LogP contribution in [-0.4, -0.2) is 50.8 Å². The summed E-state index contributed by atoms with van der Waals surface area (Å²) in [7, 11) is 0. The number of aliphatic hydroxyl groups is 1. The normalized spacial score (nSPS) is 19.0. The first kappa shape index (κ1) is 21.2. The maximum absolute atomic E-state index is 13.1. The van der Waals surface area contributed by atoms with Crippen LogP contribution in [0.2, 0.25) is 0 Å². The van der Waals surface area contributed by atoms with Gasteiger partial charge in [-0.3, -0.25) is 4.79 Å². The summed E-state index contributed by atoms with van der Waals surface area (Å²) in [6, 6.07) is 11.0. The molecule has 0 spiro atoms. The van der Waals surface area contributed by atoms with E-state index in [-0.39, 0.29) is 18.3 Å². The summed E-state index contributed by atoms with van der Waals surface area (Å²) in [6.45, 7) is 3.98. The van der Waals surface area contributed by atoms with Crippen LogP contribution in [0.3, 0.4) is 0 Å². The molecule has 1 fully saturated rings. The van der Waals surface area contributed by atoms with Gasteiger partial charge in [0.2, 0.25) is 5.91 Å². The van der Waals surface area contributed by atoms with Gasteiger partial charge in [-0.15, -0.1) is 0 Å². The largest absolute Gasteiger partial charge is 0.386 e. The van der Waals surface area contributed by atoms with Crippen molar-refractivity contribution in [1.29, 1.82) is 0 Å². The molecular weight excluding hydrogens is 397 g/mol. The third-order valence-electron chi connectivity index (χ3n) is 5.84. The van der Waals surface area contributed by atoms with Crippen molar-refractivity contribution in [2.75, 3.05) is 24.5 Å². The number of carbonyl (C=O) groups excluding carboxylic acids is 1. The molecule has 8 heteroatoms. The van der Waals surface area contributed by atoms with Gasteiger partial charge in [0.1, 0.15) is 17.5 Å². The average molecular weight is 426 g/mol. The fourth-order valence-electron chi connectivity index (χ4n) is 4.23. The molecule has 1 atom stereocenters. The molecule has 164 valence electrons. The number of aromatic nitrogens is 3. The van der Waals surface area contributed by atoms with Crippen LogP contribution in [0.15, 0.2) is 42.6 Å². The summed E-state index contributed by atoms with van der Waals surface area (Å²) in [5.41, 5.74) is 1.01. The van der Waals surface area contributed by atoms with Crippen molar-refractivity contribution in [2.45, 2.75) is 44.8 Å². The molecule has 3 aromatic rings. The third kappa shape index (κ3) is 5.02. The van der Waals surface area contributed by atoms with Crippen LogP contribution >= 0.6 is 0 Å². The van der Waals surface area contributed by atoms with E-state index in [0.717, 1.165) is 29.8 Å². The summed E-state index contributed by atoms with van der Waals surface area (Å²) >= 11 is 0. The Bertz CT molecular complexity index is 1050. The van der Waals surface area contributed by atoms with Crippen LogP contribution in [0, 0.1) is 12.7 Å². The first-order valence-corrected chi connectivity index (χ1v) is 10.7. The number of halogens is 1. The molecule has 0 bridgehead atoms. The molecule has 1 aromatic carbocycles. The van der Waals surface area contributed by atoms with Crippen LogP contribution in [-0.2, 0) is 11.3 Å². The second-order valence-electron chi connectivity index (χ2n) is 8.26. The molecule has 0 aliphatic carbocycles. The highest BCUT2D eigenvalue weighted by atomic mass is 19.1. The minimum Gasteiger partial charge on any atom is -0.386 e. The van der Waals surface area contributed by atoms with Gasteiger partial charge in [-0.05, 0) is 50.5 Å². The van der Waals surface area contributed by atoms with E-state index < -0.39 is 5.60 Å². The Hall–Kier alpha value is -3.00. The van der Waals surface area contributed by atoms with E-state index in [1.165, 1.54) is 12.3 Å². The van der Waals surface area contributed by atoms with Crippen molar-refractivity contribution < 1.29 is 14.3 Å². The van der Waals surface area contributed by atoms with Gasteiger partial charge in [-0.25, -0.2) is 14.4 Å². The SMILES string of the molecule is Cc1nc2ccccc2n1CCCC(=O)NCC1(O)CCCN(c2ccc(F)cn2)C1. The van der Waals surface area contributed by atoms with Gasteiger partial charge >= 0.3 is 0 Å². The van der Waals surface area contributed by atoms with Crippen LogP contribution in [0.1, 0.15) is 31.5 Å². The van der Waals surface area contributed by atoms with Gasteiger partial charge < -0.3 is 19.9 Å². The molecule has 1 aliphatic heterocycles. The standard InChI is InChI=1S/C23H28FN5O2/c1-17-27-19-6-2-3-7-20(19)29(17)13-4-8-22(30)26-15-23(31)11-5-12-28(16-23)21-10-9-18(24)14-25-21/h2-3,6-7,9-10,14,31H,4-5,8,11-13,15-16H2,1H3,(H,26,30). The van der Waals surface area contributed by atoms with Crippen LogP contribution in [0.25, 0.3) is 11.0 Å². The van der Waals surface area contributed by atoms with Crippen molar-refractivity contribution in [3.63, 3.8) is 0 Å². The lowest BCUT2D eigenvalue weighted by molar-refractivity contribution is -0.122. The number of amides is 1. The zero-order valence-electron chi connectivity index (χ0n) is 17.7. The quantitative estimate of drug-likeness (QED) is 0.608. The molecular formula is C23H28FN5O2. The van der Waals surface area contributed by atoms with Crippen molar-refractivity contribution in [3.05, 3.63) is 54.2 Å². The number of carbonyl (C=O) groups is 1. The Balaban J connectivity index is 1.27. The Morgan fingerprint density at radius 2 is 2.13 bits per heavy atom. The number of rotatable bonds is 7. The highest BCUT2D eigenvalue weighted by molar-refractivity contribution is 5.77. The average Bonchev–Trinajstić information content (AvgIpc) is 3.08. The number of anilines is 1. The van der Waals surface area contributed by atoms with Gasteiger partial charge in [0, 0.05) is 32.6 Å². The summed E-state index contributed by atoms with van der Waals surface area (Å²) in [4.78, 5) is 23.0. The summed E-state index contributed by atoms with van der Waals surface area (Å²) in [6.07, 6.45) is 3.63. The number of piperidine rings is 1.